The number of nitrogens with zero attached hydrogens (tertiary/aromatic N) is 5. The third-order valence-corrected chi connectivity index (χ3v) is 2.82. The lowest BCUT2D eigenvalue weighted by molar-refractivity contribution is 0.286. The molecule has 2 aromatic rings. The molecule has 21 heavy (non-hydrogen) atoms. The molecule has 0 radical (unpaired) electrons. The van der Waals surface area contributed by atoms with Crippen molar-refractivity contribution in [2.24, 2.45) is 0 Å². The quantitative estimate of drug-likeness (QED) is 0.771. The average Bonchev–Trinajstić information content (AvgIpc) is 2.52. The Morgan fingerprint density at radius 3 is 2.57 bits per heavy atom. The van der Waals surface area contributed by atoms with Crippen molar-refractivity contribution in [1.29, 1.82) is 0 Å². The molecule has 2 aromatic heterocycles. The molecule has 0 spiro atoms. The van der Waals surface area contributed by atoms with Crippen LogP contribution in [0.15, 0.2) is 24.5 Å². The second-order valence-corrected chi connectivity index (χ2v) is 4.69. The lowest BCUT2D eigenvalue weighted by Gasteiger charge is -2.12. The molecule has 0 unspecified atom stereocenters. The van der Waals surface area contributed by atoms with Crippen LogP contribution in [-0.4, -0.2) is 47.7 Å². The third kappa shape index (κ3) is 4.55. The van der Waals surface area contributed by atoms with Gasteiger partial charge < -0.3 is 15.0 Å². The van der Waals surface area contributed by atoms with E-state index in [1.165, 1.54) is 5.56 Å². The van der Waals surface area contributed by atoms with E-state index >= 15 is 0 Å². The van der Waals surface area contributed by atoms with Gasteiger partial charge in [0.25, 0.3) is 0 Å². The number of nitrogens with one attached hydrogen (secondary N) is 1. The zero-order valence-electron chi connectivity index (χ0n) is 12.6. The molecule has 0 aliphatic carbocycles. The molecule has 7 nitrogen and oxygen atoms in total. The van der Waals surface area contributed by atoms with E-state index in [9.17, 15) is 0 Å². The van der Waals surface area contributed by atoms with Crippen LogP contribution in [0, 0.1) is 0 Å². The standard InChI is InChI=1S/C14H20N6O/c1-15-12-17-13(20(2)3)19-14(18-12)21-10-4-5-11-6-8-16-9-7-11/h6-9H,4-5,10H2,1-3H3,(H,15,17,18,19). The van der Waals surface area contributed by atoms with Crippen molar-refractivity contribution >= 4 is 11.9 Å². The molecule has 0 fully saturated rings. The summed E-state index contributed by atoms with van der Waals surface area (Å²) >= 11 is 0. The van der Waals surface area contributed by atoms with E-state index in [0.29, 0.717) is 24.5 Å². The molecule has 0 amide bonds. The average molecular weight is 288 g/mol. The topological polar surface area (TPSA) is 76.1 Å². The van der Waals surface area contributed by atoms with Crippen LogP contribution in [0.25, 0.3) is 0 Å². The summed E-state index contributed by atoms with van der Waals surface area (Å²) in [7, 11) is 5.52. The monoisotopic (exact) mass is 288 g/mol. The van der Waals surface area contributed by atoms with Gasteiger partial charge in [-0.1, -0.05) is 0 Å². The van der Waals surface area contributed by atoms with E-state index in [0.717, 1.165) is 12.8 Å². The molecule has 0 aromatic carbocycles. The predicted molar refractivity (Wildman–Crippen MR) is 81.8 cm³/mol. The molecular weight excluding hydrogens is 268 g/mol. The van der Waals surface area contributed by atoms with Crippen LogP contribution in [0.3, 0.4) is 0 Å². The molecule has 2 rings (SSSR count). The highest BCUT2D eigenvalue weighted by Gasteiger charge is 2.08. The first-order valence-corrected chi connectivity index (χ1v) is 6.82. The van der Waals surface area contributed by atoms with E-state index in [1.54, 1.807) is 19.4 Å². The minimum absolute atomic E-state index is 0.341. The second-order valence-electron chi connectivity index (χ2n) is 4.69. The summed E-state index contributed by atoms with van der Waals surface area (Å²) in [5.74, 6) is 1.07. The largest absolute Gasteiger partial charge is 0.463 e. The van der Waals surface area contributed by atoms with Gasteiger partial charge in [0, 0.05) is 33.5 Å². The van der Waals surface area contributed by atoms with Gasteiger partial charge in [-0.2, -0.15) is 15.0 Å². The van der Waals surface area contributed by atoms with Crippen molar-refractivity contribution in [3.8, 4) is 6.01 Å². The fourth-order valence-corrected chi connectivity index (χ4v) is 1.71. The Morgan fingerprint density at radius 2 is 1.90 bits per heavy atom. The van der Waals surface area contributed by atoms with Gasteiger partial charge in [-0.25, -0.2) is 0 Å². The van der Waals surface area contributed by atoms with Gasteiger partial charge >= 0.3 is 6.01 Å². The summed E-state index contributed by atoms with van der Waals surface area (Å²) < 4.78 is 5.62. The number of hydrogen-bond donors (Lipinski definition) is 1. The van der Waals surface area contributed by atoms with Crippen LogP contribution >= 0.6 is 0 Å². The summed E-state index contributed by atoms with van der Waals surface area (Å²) in [6, 6.07) is 4.35. The molecular formula is C14H20N6O. The fourth-order valence-electron chi connectivity index (χ4n) is 1.71. The van der Waals surface area contributed by atoms with Gasteiger partial charge in [-0.05, 0) is 30.5 Å². The first-order chi connectivity index (χ1) is 10.2. The van der Waals surface area contributed by atoms with Crippen molar-refractivity contribution in [1.82, 2.24) is 19.9 Å². The molecule has 1 N–H and O–H groups in total. The molecule has 0 saturated carbocycles. The van der Waals surface area contributed by atoms with Gasteiger partial charge in [0.1, 0.15) is 0 Å². The summed E-state index contributed by atoms with van der Waals surface area (Å²) in [6.45, 7) is 0.558. The highest BCUT2D eigenvalue weighted by Crippen LogP contribution is 2.13. The number of pyridine rings is 1. The Balaban J connectivity index is 1.89. The normalized spacial score (nSPS) is 10.2. The smallest absolute Gasteiger partial charge is 0.323 e. The Morgan fingerprint density at radius 1 is 1.14 bits per heavy atom. The van der Waals surface area contributed by atoms with Crippen LogP contribution in [-0.2, 0) is 6.42 Å². The molecule has 0 aliphatic heterocycles. The molecule has 0 saturated heterocycles. The molecule has 0 aliphatic rings. The van der Waals surface area contributed by atoms with Crippen LogP contribution < -0.4 is 15.0 Å². The summed E-state index contributed by atoms with van der Waals surface area (Å²) in [5.41, 5.74) is 1.24. The number of anilines is 2. The van der Waals surface area contributed by atoms with Crippen molar-refractivity contribution in [3.05, 3.63) is 30.1 Å². The van der Waals surface area contributed by atoms with Gasteiger partial charge in [0.05, 0.1) is 6.61 Å². The fraction of sp³-hybridized carbons (Fsp3) is 0.429. The van der Waals surface area contributed by atoms with Crippen LogP contribution in [0.5, 0.6) is 6.01 Å². The van der Waals surface area contributed by atoms with Crippen molar-refractivity contribution in [3.63, 3.8) is 0 Å². The van der Waals surface area contributed by atoms with Gasteiger partial charge in [0.15, 0.2) is 0 Å². The zero-order chi connectivity index (χ0) is 15.1. The lowest BCUT2D eigenvalue weighted by atomic mass is 10.1. The number of rotatable bonds is 7. The van der Waals surface area contributed by atoms with E-state index in [2.05, 4.69) is 25.3 Å². The first-order valence-electron chi connectivity index (χ1n) is 6.82. The van der Waals surface area contributed by atoms with Crippen LogP contribution in [0.4, 0.5) is 11.9 Å². The minimum Gasteiger partial charge on any atom is -0.463 e. The Hall–Kier alpha value is -2.44. The SMILES string of the molecule is CNc1nc(OCCCc2ccncc2)nc(N(C)C)n1. The third-order valence-electron chi connectivity index (χ3n) is 2.82. The first kappa shape index (κ1) is 15.0. The summed E-state index contributed by atoms with van der Waals surface area (Å²) in [6.07, 6.45) is 5.42. The van der Waals surface area contributed by atoms with Gasteiger partial charge in [0.2, 0.25) is 11.9 Å². The summed E-state index contributed by atoms with van der Waals surface area (Å²) in [5, 5.41) is 2.90. The van der Waals surface area contributed by atoms with E-state index in [4.69, 9.17) is 4.74 Å². The van der Waals surface area contributed by atoms with Crippen molar-refractivity contribution < 1.29 is 4.74 Å². The lowest BCUT2D eigenvalue weighted by Crippen LogP contribution is -2.15. The summed E-state index contributed by atoms with van der Waals surface area (Å²) in [4.78, 5) is 18.5. The number of ether oxygens (including phenoxy) is 1. The minimum atomic E-state index is 0.341. The Kier molecular flexibility index (Phi) is 5.25. The Bertz CT molecular complexity index is 561. The molecule has 112 valence electrons. The van der Waals surface area contributed by atoms with Crippen LogP contribution in [0.2, 0.25) is 0 Å². The van der Waals surface area contributed by atoms with Gasteiger partial charge in [-0.3, -0.25) is 4.98 Å². The van der Waals surface area contributed by atoms with Gasteiger partial charge in [-0.15, -0.1) is 0 Å². The number of aromatic nitrogens is 4. The second kappa shape index (κ2) is 7.37. The molecule has 0 atom stereocenters. The van der Waals surface area contributed by atoms with Crippen molar-refractivity contribution in [2.75, 3.05) is 38.0 Å². The highest BCUT2D eigenvalue weighted by atomic mass is 16.5. The molecule has 0 bridgehead atoms. The Labute approximate surface area is 124 Å². The maximum atomic E-state index is 5.62. The number of hydrogen-bond acceptors (Lipinski definition) is 7. The van der Waals surface area contributed by atoms with Crippen LogP contribution in [0.1, 0.15) is 12.0 Å². The van der Waals surface area contributed by atoms with E-state index in [1.807, 2.05) is 31.1 Å². The number of aryl methyl sites for hydroxylation is 1. The molecule has 2 heterocycles. The predicted octanol–water partition coefficient (Wildman–Crippen LogP) is 1.39. The maximum Gasteiger partial charge on any atom is 0.323 e. The maximum absolute atomic E-state index is 5.62. The van der Waals surface area contributed by atoms with E-state index < -0.39 is 0 Å². The zero-order valence-corrected chi connectivity index (χ0v) is 12.6. The van der Waals surface area contributed by atoms with Crippen molar-refractivity contribution in [2.45, 2.75) is 12.8 Å². The highest BCUT2D eigenvalue weighted by molar-refractivity contribution is 5.36. The molecule has 7 heteroatoms. The van der Waals surface area contributed by atoms with E-state index in [-0.39, 0.29) is 0 Å².